The number of aromatic hydroxyl groups is 1. The highest BCUT2D eigenvalue weighted by Crippen LogP contribution is 2.37. The molecular formula is C11H12O2. The van der Waals surface area contributed by atoms with Gasteiger partial charge >= 0.3 is 0 Å². The number of phenols is 1. The lowest BCUT2D eigenvalue weighted by Gasteiger charge is -2.20. The van der Waals surface area contributed by atoms with Crippen LogP contribution in [0.2, 0.25) is 0 Å². The second-order valence-corrected chi connectivity index (χ2v) is 3.47. The second-order valence-electron chi connectivity index (χ2n) is 3.47. The van der Waals surface area contributed by atoms with E-state index in [4.69, 9.17) is 0 Å². The van der Waals surface area contributed by atoms with Gasteiger partial charge in [0.25, 0.3) is 0 Å². The first-order chi connectivity index (χ1) is 6.20. The van der Waals surface area contributed by atoms with Crippen LogP contribution in [0, 0.1) is 0 Å². The molecule has 0 radical (unpaired) electrons. The highest BCUT2D eigenvalue weighted by atomic mass is 16.3. The molecule has 68 valence electrons. The number of aliphatic hydroxyl groups is 1. The Balaban J connectivity index is 2.66. The Labute approximate surface area is 77.1 Å². The topological polar surface area (TPSA) is 40.5 Å². The molecule has 1 unspecified atom stereocenters. The monoisotopic (exact) mass is 176 g/mol. The standard InChI is InChI=1S/C11H12O2/c1-7-5-6-10(13)11-8(7)3-2-4-9(11)12/h2-4,6-7,12-13H,5H2,1H3. The molecule has 1 aromatic carbocycles. The van der Waals surface area contributed by atoms with Crippen molar-refractivity contribution in [2.75, 3.05) is 0 Å². The van der Waals surface area contributed by atoms with Gasteiger partial charge in [-0.15, -0.1) is 0 Å². The summed E-state index contributed by atoms with van der Waals surface area (Å²) in [5.41, 5.74) is 1.63. The summed E-state index contributed by atoms with van der Waals surface area (Å²) in [6.07, 6.45) is 2.59. The lowest BCUT2D eigenvalue weighted by molar-refractivity contribution is 0.454. The summed E-state index contributed by atoms with van der Waals surface area (Å²) in [7, 11) is 0. The fourth-order valence-electron chi connectivity index (χ4n) is 1.76. The number of benzene rings is 1. The average molecular weight is 176 g/mol. The Morgan fingerprint density at radius 2 is 2.08 bits per heavy atom. The van der Waals surface area contributed by atoms with Gasteiger partial charge in [-0.25, -0.2) is 0 Å². The quantitative estimate of drug-likeness (QED) is 0.638. The molecule has 1 aliphatic carbocycles. The van der Waals surface area contributed by atoms with Crippen molar-refractivity contribution in [1.29, 1.82) is 0 Å². The molecular weight excluding hydrogens is 164 g/mol. The minimum Gasteiger partial charge on any atom is -0.508 e. The summed E-state index contributed by atoms with van der Waals surface area (Å²) in [5.74, 6) is 0.738. The molecule has 0 bridgehead atoms. The molecule has 0 aromatic heterocycles. The summed E-state index contributed by atoms with van der Waals surface area (Å²) in [5, 5.41) is 19.1. The van der Waals surface area contributed by atoms with Crippen LogP contribution in [0.15, 0.2) is 24.3 Å². The van der Waals surface area contributed by atoms with Crippen LogP contribution in [-0.4, -0.2) is 10.2 Å². The van der Waals surface area contributed by atoms with E-state index in [9.17, 15) is 10.2 Å². The Morgan fingerprint density at radius 1 is 1.31 bits per heavy atom. The summed E-state index contributed by atoms with van der Waals surface area (Å²) in [4.78, 5) is 0. The first kappa shape index (κ1) is 8.17. The van der Waals surface area contributed by atoms with E-state index in [1.54, 1.807) is 12.1 Å². The Hall–Kier alpha value is -1.44. The molecule has 1 aliphatic rings. The van der Waals surface area contributed by atoms with Crippen molar-refractivity contribution in [2.24, 2.45) is 0 Å². The van der Waals surface area contributed by atoms with Gasteiger partial charge in [0.2, 0.25) is 0 Å². The molecule has 0 spiro atoms. The normalized spacial score (nSPS) is 20.7. The predicted octanol–water partition coefficient (Wildman–Crippen LogP) is 2.80. The van der Waals surface area contributed by atoms with E-state index < -0.39 is 0 Å². The van der Waals surface area contributed by atoms with Gasteiger partial charge < -0.3 is 10.2 Å². The SMILES string of the molecule is CC1CC=C(O)c2c(O)cccc21. The lowest BCUT2D eigenvalue weighted by Crippen LogP contribution is -2.03. The Kier molecular flexibility index (Phi) is 1.76. The van der Waals surface area contributed by atoms with E-state index >= 15 is 0 Å². The predicted molar refractivity (Wildman–Crippen MR) is 51.7 cm³/mol. The zero-order chi connectivity index (χ0) is 9.42. The van der Waals surface area contributed by atoms with Gasteiger partial charge in [0.05, 0.1) is 5.56 Å². The van der Waals surface area contributed by atoms with Crippen LogP contribution in [-0.2, 0) is 0 Å². The van der Waals surface area contributed by atoms with Crippen molar-refractivity contribution in [3.63, 3.8) is 0 Å². The Morgan fingerprint density at radius 3 is 2.77 bits per heavy atom. The molecule has 2 heteroatoms. The van der Waals surface area contributed by atoms with E-state index in [1.807, 2.05) is 12.1 Å². The number of hydrogen-bond donors (Lipinski definition) is 2. The first-order valence-corrected chi connectivity index (χ1v) is 4.41. The summed E-state index contributed by atoms with van der Waals surface area (Å²) in [6, 6.07) is 5.35. The van der Waals surface area contributed by atoms with Gasteiger partial charge in [-0.3, -0.25) is 0 Å². The minimum atomic E-state index is 0.165. The number of rotatable bonds is 0. The third-order valence-corrected chi connectivity index (χ3v) is 2.53. The van der Waals surface area contributed by atoms with Crippen LogP contribution < -0.4 is 0 Å². The van der Waals surface area contributed by atoms with Gasteiger partial charge in [-0.05, 0) is 30.0 Å². The third kappa shape index (κ3) is 1.18. The number of fused-ring (bicyclic) bond motifs is 1. The van der Waals surface area contributed by atoms with Crippen molar-refractivity contribution in [3.05, 3.63) is 35.4 Å². The molecule has 2 rings (SSSR count). The van der Waals surface area contributed by atoms with Crippen molar-refractivity contribution < 1.29 is 10.2 Å². The van der Waals surface area contributed by atoms with Crippen molar-refractivity contribution in [3.8, 4) is 5.75 Å². The molecule has 0 fully saturated rings. The Bertz CT molecular complexity index is 366. The highest BCUT2D eigenvalue weighted by molar-refractivity contribution is 5.70. The van der Waals surface area contributed by atoms with Gasteiger partial charge in [-0.2, -0.15) is 0 Å². The molecule has 0 amide bonds. The molecule has 0 heterocycles. The van der Waals surface area contributed by atoms with Crippen molar-refractivity contribution in [1.82, 2.24) is 0 Å². The van der Waals surface area contributed by atoms with Crippen LogP contribution >= 0.6 is 0 Å². The van der Waals surface area contributed by atoms with Gasteiger partial charge in [0.15, 0.2) is 0 Å². The lowest BCUT2D eigenvalue weighted by atomic mass is 9.87. The molecule has 0 saturated heterocycles. The summed E-state index contributed by atoms with van der Waals surface area (Å²) < 4.78 is 0. The van der Waals surface area contributed by atoms with Crippen LogP contribution in [0.1, 0.15) is 30.4 Å². The fraction of sp³-hybridized carbons (Fsp3) is 0.273. The molecule has 0 saturated carbocycles. The van der Waals surface area contributed by atoms with Gasteiger partial charge in [-0.1, -0.05) is 19.1 Å². The second kappa shape index (κ2) is 2.80. The maximum absolute atomic E-state index is 9.56. The van der Waals surface area contributed by atoms with E-state index in [-0.39, 0.29) is 11.5 Å². The van der Waals surface area contributed by atoms with E-state index in [1.165, 1.54) is 0 Å². The molecule has 0 aliphatic heterocycles. The van der Waals surface area contributed by atoms with Crippen LogP contribution in [0.4, 0.5) is 0 Å². The van der Waals surface area contributed by atoms with Crippen molar-refractivity contribution >= 4 is 5.76 Å². The number of allylic oxidation sites excluding steroid dienone is 1. The first-order valence-electron chi connectivity index (χ1n) is 4.41. The van der Waals surface area contributed by atoms with Crippen LogP contribution in [0.25, 0.3) is 5.76 Å². The number of aliphatic hydroxyl groups excluding tert-OH is 1. The van der Waals surface area contributed by atoms with E-state index in [0.717, 1.165) is 12.0 Å². The molecule has 1 aromatic rings. The summed E-state index contributed by atoms with van der Waals surface area (Å²) >= 11 is 0. The summed E-state index contributed by atoms with van der Waals surface area (Å²) in [6.45, 7) is 2.08. The van der Waals surface area contributed by atoms with Crippen LogP contribution in [0.3, 0.4) is 0 Å². The largest absolute Gasteiger partial charge is 0.508 e. The molecule has 1 atom stereocenters. The minimum absolute atomic E-state index is 0.165. The number of phenolic OH excluding ortho intramolecular Hbond substituents is 1. The maximum atomic E-state index is 9.56. The number of hydrogen-bond acceptors (Lipinski definition) is 2. The van der Waals surface area contributed by atoms with Gasteiger partial charge in [0.1, 0.15) is 11.5 Å². The smallest absolute Gasteiger partial charge is 0.126 e. The molecule has 2 N–H and O–H groups in total. The van der Waals surface area contributed by atoms with Gasteiger partial charge in [0, 0.05) is 0 Å². The molecule has 2 nitrogen and oxygen atoms in total. The van der Waals surface area contributed by atoms with E-state index in [0.29, 0.717) is 11.5 Å². The average Bonchev–Trinajstić information content (AvgIpc) is 2.12. The van der Waals surface area contributed by atoms with E-state index in [2.05, 4.69) is 6.92 Å². The highest BCUT2D eigenvalue weighted by Gasteiger charge is 2.20. The zero-order valence-corrected chi connectivity index (χ0v) is 7.49. The molecule has 13 heavy (non-hydrogen) atoms. The van der Waals surface area contributed by atoms with Crippen molar-refractivity contribution in [2.45, 2.75) is 19.3 Å². The third-order valence-electron chi connectivity index (χ3n) is 2.53. The maximum Gasteiger partial charge on any atom is 0.126 e. The van der Waals surface area contributed by atoms with Crippen LogP contribution in [0.5, 0.6) is 5.75 Å². The zero-order valence-electron chi connectivity index (χ0n) is 7.49. The fourth-order valence-corrected chi connectivity index (χ4v) is 1.76.